The highest BCUT2D eigenvalue weighted by molar-refractivity contribution is 5.90. The van der Waals surface area contributed by atoms with Crippen molar-refractivity contribution in [3.63, 3.8) is 0 Å². The highest BCUT2D eigenvalue weighted by Gasteiger charge is 2.32. The zero-order valence-electron chi connectivity index (χ0n) is 25.3. The molecule has 2 aliphatic carbocycles. The molecule has 0 nitrogen and oxygen atoms in total. The third-order valence-electron chi connectivity index (χ3n) is 10.4. The predicted molar refractivity (Wildman–Crippen MR) is 193 cm³/mol. The first-order chi connectivity index (χ1) is 22.8. The Bertz CT molecular complexity index is 2320. The monoisotopic (exact) mass is 582 g/mol. The summed E-state index contributed by atoms with van der Waals surface area (Å²) >= 11 is 0. The molecule has 0 heterocycles. The van der Waals surface area contributed by atoms with Crippen molar-refractivity contribution < 1.29 is 0 Å². The fourth-order valence-corrected chi connectivity index (χ4v) is 8.26. The summed E-state index contributed by atoms with van der Waals surface area (Å²) < 4.78 is 0. The van der Waals surface area contributed by atoms with Gasteiger partial charge in [-0.2, -0.15) is 0 Å². The Kier molecular flexibility index (Phi) is 5.50. The maximum atomic E-state index is 2.43. The summed E-state index contributed by atoms with van der Waals surface area (Å²) in [5.74, 6) is 0.471. The third-order valence-corrected chi connectivity index (χ3v) is 10.4. The molecule has 2 atom stereocenters. The van der Waals surface area contributed by atoms with Gasteiger partial charge in [0, 0.05) is 11.8 Å². The fourth-order valence-electron chi connectivity index (χ4n) is 8.26. The second kappa shape index (κ2) is 9.89. The first kappa shape index (κ1) is 25.6. The van der Waals surface area contributed by atoms with Gasteiger partial charge in [0.25, 0.3) is 0 Å². The Hall–Kier alpha value is -5.72. The van der Waals surface area contributed by atoms with Crippen molar-refractivity contribution in [3.05, 3.63) is 203 Å². The molecule has 0 saturated heterocycles. The molecular formula is C46H30. The molecule has 0 radical (unpaired) electrons. The summed E-state index contributed by atoms with van der Waals surface area (Å²) in [7, 11) is 0. The third kappa shape index (κ3) is 3.80. The van der Waals surface area contributed by atoms with E-state index in [0.29, 0.717) is 0 Å². The molecule has 0 spiro atoms. The van der Waals surface area contributed by atoms with Crippen molar-refractivity contribution in [2.45, 2.75) is 11.8 Å². The Labute approximate surface area is 269 Å². The van der Waals surface area contributed by atoms with Gasteiger partial charge in [-0.15, -0.1) is 0 Å². The molecule has 8 aromatic rings. The quantitative estimate of drug-likeness (QED) is 0.194. The van der Waals surface area contributed by atoms with Crippen LogP contribution in [-0.2, 0) is 0 Å². The van der Waals surface area contributed by atoms with Crippen LogP contribution in [0.4, 0.5) is 0 Å². The first-order valence-corrected chi connectivity index (χ1v) is 16.2. The van der Waals surface area contributed by atoms with Crippen molar-refractivity contribution in [2.75, 3.05) is 0 Å². The second-order valence-corrected chi connectivity index (χ2v) is 12.9. The van der Waals surface area contributed by atoms with Crippen LogP contribution >= 0.6 is 0 Å². The summed E-state index contributed by atoms with van der Waals surface area (Å²) in [5.41, 5.74) is 16.2. The molecule has 0 heteroatoms. The topological polar surface area (TPSA) is 0 Å². The van der Waals surface area contributed by atoms with Crippen LogP contribution in [0, 0.1) is 0 Å². The highest BCUT2D eigenvalue weighted by atomic mass is 14.3. The lowest BCUT2D eigenvalue weighted by molar-refractivity contribution is 1.02. The number of benzene rings is 8. The zero-order chi connectivity index (χ0) is 30.2. The molecule has 0 amide bonds. The van der Waals surface area contributed by atoms with Crippen LogP contribution in [-0.4, -0.2) is 0 Å². The van der Waals surface area contributed by atoms with Crippen molar-refractivity contribution in [3.8, 4) is 33.4 Å². The van der Waals surface area contributed by atoms with Gasteiger partial charge < -0.3 is 0 Å². The lowest BCUT2D eigenvalue weighted by Gasteiger charge is -2.16. The Morgan fingerprint density at radius 3 is 1.13 bits per heavy atom. The molecule has 46 heavy (non-hydrogen) atoms. The SMILES string of the molecule is c1ccc2c(c1)-c1cc(-c3ccc4c(c3)-c3ccccc3C4c3ccc4ccccc4c3)ccc1C2c1ccc2ccccc2c1. The van der Waals surface area contributed by atoms with Gasteiger partial charge in [-0.1, -0.05) is 158 Å². The van der Waals surface area contributed by atoms with E-state index in [0.717, 1.165) is 0 Å². The summed E-state index contributed by atoms with van der Waals surface area (Å²) in [4.78, 5) is 0. The summed E-state index contributed by atoms with van der Waals surface area (Å²) in [6, 6.07) is 63.5. The molecule has 0 aliphatic heterocycles. The minimum Gasteiger partial charge on any atom is -0.0619 e. The summed E-state index contributed by atoms with van der Waals surface area (Å²) in [6.07, 6.45) is 0. The van der Waals surface area contributed by atoms with Crippen LogP contribution in [0.1, 0.15) is 45.2 Å². The molecule has 0 bridgehead atoms. The van der Waals surface area contributed by atoms with Gasteiger partial charge >= 0.3 is 0 Å². The molecule has 0 aromatic heterocycles. The smallest absolute Gasteiger partial charge is 0.0352 e. The van der Waals surface area contributed by atoms with Crippen LogP contribution in [0.3, 0.4) is 0 Å². The molecule has 214 valence electrons. The summed E-state index contributed by atoms with van der Waals surface area (Å²) in [5, 5.41) is 5.16. The van der Waals surface area contributed by atoms with Gasteiger partial charge in [0.05, 0.1) is 0 Å². The lowest BCUT2D eigenvalue weighted by atomic mass is 9.87. The standard InChI is InChI=1S/C46H30/c1-3-11-31-25-35(19-17-29(31)9-1)45-39-15-7-5-13-37(39)43-27-33(21-23-41(43)45)34-22-24-42-44(28-34)38-14-6-8-16-40(38)46(42)36-20-18-30-10-2-4-12-32(30)26-36/h1-28,45-46H. The molecule has 2 aliphatic rings. The molecule has 0 saturated carbocycles. The van der Waals surface area contributed by atoms with E-state index in [2.05, 4.69) is 170 Å². The Morgan fingerprint density at radius 1 is 0.261 bits per heavy atom. The Morgan fingerprint density at radius 2 is 0.652 bits per heavy atom. The predicted octanol–water partition coefficient (Wildman–Crippen LogP) is 12.0. The van der Waals surface area contributed by atoms with E-state index in [9.17, 15) is 0 Å². The number of rotatable bonds is 3. The van der Waals surface area contributed by atoms with Crippen LogP contribution < -0.4 is 0 Å². The average molecular weight is 583 g/mol. The second-order valence-electron chi connectivity index (χ2n) is 12.9. The molecule has 10 rings (SSSR count). The number of fused-ring (bicyclic) bond motifs is 8. The normalized spacial score (nSPS) is 15.8. The van der Waals surface area contributed by atoms with E-state index in [-0.39, 0.29) is 11.8 Å². The number of hydrogen-bond acceptors (Lipinski definition) is 0. The average Bonchev–Trinajstić information content (AvgIpc) is 3.63. The molecular weight excluding hydrogens is 553 g/mol. The van der Waals surface area contributed by atoms with Crippen LogP contribution in [0.5, 0.6) is 0 Å². The van der Waals surface area contributed by atoms with Crippen molar-refractivity contribution >= 4 is 21.5 Å². The minimum atomic E-state index is 0.236. The largest absolute Gasteiger partial charge is 0.0619 e. The van der Waals surface area contributed by atoms with E-state index >= 15 is 0 Å². The van der Waals surface area contributed by atoms with Gasteiger partial charge in [0.2, 0.25) is 0 Å². The maximum Gasteiger partial charge on any atom is 0.0352 e. The lowest BCUT2D eigenvalue weighted by Crippen LogP contribution is -1.99. The van der Waals surface area contributed by atoms with E-state index in [1.54, 1.807) is 0 Å². The summed E-state index contributed by atoms with van der Waals surface area (Å²) in [6.45, 7) is 0. The van der Waals surface area contributed by atoms with E-state index in [4.69, 9.17) is 0 Å². The van der Waals surface area contributed by atoms with Gasteiger partial charge in [0.15, 0.2) is 0 Å². The van der Waals surface area contributed by atoms with Crippen molar-refractivity contribution in [2.24, 2.45) is 0 Å². The van der Waals surface area contributed by atoms with Crippen LogP contribution in [0.15, 0.2) is 170 Å². The van der Waals surface area contributed by atoms with E-state index in [1.165, 1.54) is 88.3 Å². The van der Waals surface area contributed by atoms with Gasteiger partial charge in [-0.25, -0.2) is 0 Å². The van der Waals surface area contributed by atoms with Crippen LogP contribution in [0.25, 0.3) is 54.9 Å². The van der Waals surface area contributed by atoms with Crippen molar-refractivity contribution in [1.82, 2.24) is 0 Å². The van der Waals surface area contributed by atoms with Crippen LogP contribution in [0.2, 0.25) is 0 Å². The van der Waals surface area contributed by atoms with Gasteiger partial charge in [-0.05, 0) is 100 Å². The zero-order valence-corrected chi connectivity index (χ0v) is 25.3. The highest BCUT2D eigenvalue weighted by Crippen LogP contribution is 2.51. The molecule has 2 unspecified atom stereocenters. The number of hydrogen-bond donors (Lipinski definition) is 0. The van der Waals surface area contributed by atoms with Crippen molar-refractivity contribution in [1.29, 1.82) is 0 Å². The molecule has 0 N–H and O–H groups in total. The molecule has 8 aromatic carbocycles. The maximum absolute atomic E-state index is 2.43. The minimum absolute atomic E-state index is 0.236. The fraction of sp³-hybridized carbons (Fsp3) is 0.0435. The van der Waals surface area contributed by atoms with Gasteiger partial charge in [-0.3, -0.25) is 0 Å². The van der Waals surface area contributed by atoms with Gasteiger partial charge in [0.1, 0.15) is 0 Å². The first-order valence-electron chi connectivity index (χ1n) is 16.2. The van der Waals surface area contributed by atoms with E-state index < -0.39 is 0 Å². The van der Waals surface area contributed by atoms with E-state index in [1.807, 2.05) is 0 Å². The Balaban J connectivity index is 1.09. The molecule has 0 fully saturated rings.